The molecule has 0 amide bonds. The first-order valence-corrected chi connectivity index (χ1v) is 8.53. The number of hydrogen-bond acceptors (Lipinski definition) is 2. The number of hydrogen-bond donors (Lipinski definition) is 1. The van der Waals surface area contributed by atoms with Gasteiger partial charge in [-0.1, -0.05) is 40.5 Å². The molecule has 0 saturated carbocycles. The first kappa shape index (κ1) is 17.0. The van der Waals surface area contributed by atoms with Gasteiger partial charge in [-0.2, -0.15) is 0 Å². The summed E-state index contributed by atoms with van der Waals surface area (Å²) < 4.78 is 0. The van der Waals surface area contributed by atoms with Gasteiger partial charge in [0.15, 0.2) is 0 Å². The van der Waals surface area contributed by atoms with Gasteiger partial charge in [0.25, 0.3) is 0 Å². The van der Waals surface area contributed by atoms with Gasteiger partial charge in [0.05, 0.1) is 0 Å². The van der Waals surface area contributed by atoms with Gasteiger partial charge < -0.3 is 10.2 Å². The summed E-state index contributed by atoms with van der Waals surface area (Å²) in [6.45, 7) is 14.4. The van der Waals surface area contributed by atoms with Crippen LogP contribution < -0.4 is 5.32 Å². The molecule has 2 heteroatoms. The van der Waals surface area contributed by atoms with Crippen molar-refractivity contribution in [3.63, 3.8) is 0 Å². The summed E-state index contributed by atoms with van der Waals surface area (Å²) in [7, 11) is 0. The summed E-state index contributed by atoms with van der Waals surface area (Å²) in [6, 6.07) is 0.783. The zero-order valence-electron chi connectivity index (χ0n) is 13.8. The van der Waals surface area contributed by atoms with Crippen molar-refractivity contribution in [1.82, 2.24) is 10.2 Å². The van der Waals surface area contributed by atoms with Crippen LogP contribution in [0.4, 0.5) is 0 Å². The van der Waals surface area contributed by atoms with Crippen LogP contribution in [0, 0.1) is 11.8 Å². The lowest BCUT2D eigenvalue weighted by Crippen LogP contribution is -2.43. The average molecular weight is 268 g/mol. The molecule has 114 valence electrons. The van der Waals surface area contributed by atoms with Crippen molar-refractivity contribution in [2.24, 2.45) is 11.8 Å². The molecule has 0 unspecified atom stereocenters. The topological polar surface area (TPSA) is 15.3 Å². The largest absolute Gasteiger partial charge is 0.314 e. The average Bonchev–Trinajstić information content (AvgIpc) is 2.36. The minimum absolute atomic E-state index is 0.783. The van der Waals surface area contributed by atoms with Crippen LogP contribution in [0.5, 0.6) is 0 Å². The monoisotopic (exact) mass is 268 g/mol. The SMILES string of the molecule is CC(C)CCCCN1CCC(NCCC(C)C)CC1. The van der Waals surface area contributed by atoms with Crippen molar-refractivity contribution in [3.05, 3.63) is 0 Å². The molecule has 1 rings (SSSR count). The highest BCUT2D eigenvalue weighted by Crippen LogP contribution is 2.13. The summed E-state index contributed by atoms with van der Waals surface area (Å²) in [6.07, 6.45) is 8.21. The number of nitrogens with zero attached hydrogens (tertiary/aromatic N) is 1. The highest BCUT2D eigenvalue weighted by molar-refractivity contribution is 4.77. The van der Waals surface area contributed by atoms with Crippen LogP contribution in [0.15, 0.2) is 0 Å². The molecule has 1 saturated heterocycles. The maximum absolute atomic E-state index is 3.73. The fourth-order valence-electron chi connectivity index (χ4n) is 2.82. The lowest BCUT2D eigenvalue weighted by atomic mass is 10.0. The van der Waals surface area contributed by atoms with E-state index in [4.69, 9.17) is 0 Å². The first-order chi connectivity index (χ1) is 9.08. The molecule has 0 aromatic rings. The molecule has 0 bridgehead atoms. The molecule has 1 N–H and O–H groups in total. The van der Waals surface area contributed by atoms with Crippen LogP contribution >= 0.6 is 0 Å². The number of piperidine rings is 1. The van der Waals surface area contributed by atoms with Crippen molar-refractivity contribution >= 4 is 0 Å². The summed E-state index contributed by atoms with van der Waals surface area (Å²) in [5, 5.41) is 3.73. The molecule has 1 fully saturated rings. The molecule has 0 radical (unpaired) electrons. The van der Waals surface area contributed by atoms with Crippen LogP contribution in [0.2, 0.25) is 0 Å². The highest BCUT2D eigenvalue weighted by atomic mass is 15.1. The fraction of sp³-hybridized carbons (Fsp3) is 1.00. The minimum Gasteiger partial charge on any atom is -0.314 e. The van der Waals surface area contributed by atoms with Gasteiger partial charge in [-0.05, 0) is 63.7 Å². The summed E-state index contributed by atoms with van der Waals surface area (Å²) in [5.74, 6) is 1.70. The summed E-state index contributed by atoms with van der Waals surface area (Å²) in [5.41, 5.74) is 0. The number of rotatable bonds is 9. The van der Waals surface area contributed by atoms with E-state index in [0.29, 0.717) is 0 Å². The van der Waals surface area contributed by atoms with Crippen molar-refractivity contribution in [1.29, 1.82) is 0 Å². The molecule has 0 aromatic heterocycles. The molecule has 1 aliphatic heterocycles. The molecule has 0 spiro atoms. The number of unbranched alkanes of at least 4 members (excludes halogenated alkanes) is 1. The van der Waals surface area contributed by atoms with Crippen LogP contribution in [0.1, 0.15) is 66.2 Å². The second kappa shape index (κ2) is 9.77. The predicted molar refractivity (Wildman–Crippen MR) is 85.6 cm³/mol. The van der Waals surface area contributed by atoms with E-state index in [1.54, 1.807) is 0 Å². The lowest BCUT2D eigenvalue weighted by Gasteiger charge is -2.32. The first-order valence-electron chi connectivity index (χ1n) is 8.53. The Morgan fingerprint density at radius 3 is 2.16 bits per heavy atom. The Morgan fingerprint density at radius 1 is 0.947 bits per heavy atom. The Balaban J connectivity index is 1.99. The van der Waals surface area contributed by atoms with E-state index in [1.807, 2.05) is 0 Å². The quantitative estimate of drug-likeness (QED) is 0.638. The van der Waals surface area contributed by atoms with Crippen molar-refractivity contribution in [2.45, 2.75) is 72.3 Å². The van der Waals surface area contributed by atoms with Gasteiger partial charge in [-0.15, -0.1) is 0 Å². The highest BCUT2D eigenvalue weighted by Gasteiger charge is 2.17. The van der Waals surface area contributed by atoms with Gasteiger partial charge in [-0.25, -0.2) is 0 Å². The second-order valence-corrected chi connectivity index (χ2v) is 7.14. The van der Waals surface area contributed by atoms with Crippen molar-refractivity contribution < 1.29 is 0 Å². The fourth-order valence-corrected chi connectivity index (χ4v) is 2.82. The minimum atomic E-state index is 0.783. The van der Waals surface area contributed by atoms with Crippen LogP contribution in [-0.4, -0.2) is 37.1 Å². The predicted octanol–water partition coefficient (Wildman–Crippen LogP) is 3.91. The van der Waals surface area contributed by atoms with E-state index >= 15 is 0 Å². The van der Waals surface area contributed by atoms with E-state index in [-0.39, 0.29) is 0 Å². The Kier molecular flexibility index (Phi) is 8.72. The molecule has 2 nitrogen and oxygen atoms in total. The number of likely N-dealkylation sites (tertiary alicyclic amines) is 1. The Bertz CT molecular complexity index is 205. The Labute approximate surface area is 121 Å². The van der Waals surface area contributed by atoms with Crippen LogP contribution in [-0.2, 0) is 0 Å². The maximum Gasteiger partial charge on any atom is 0.00914 e. The van der Waals surface area contributed by atoms with Gasteiger partial charge in [-0.3, -0.25) is 0 Å². The van der Waals surface area contributed by atoms with E-state index < -0.39 is 0 Å². The Morgan fingerprint density at radius 2 is 1.58 bits per heavy atom. The molecule has 0 aromatic carbocycles. The maximum atomic E-state index is 3.73. The van der Waals surface area contributed by atoms with Crippen molar-refractivity contribution in [2.75, 3.05) is 26.2 Å². The molecule has 0 atom stereocenters. The zero-order valence-corrected chi connectivity index (χ0v) is 13.8. The van der Waals surface area contributed by atoms with Crippen LogP contribution in [0.3, 0.4) is 0 Å². The van der Waals surface area contributed by atoms with Crippen molar-refractivity contribution in [3.8, 4) is 0 Å². The second-order valence-electron chi connectivity index (χ2n) is 7.14. The molecule has 1 heterocycles. The molecular formula is C17H36N2. The van der Waals surface area contributed by atoms with E-state index in [9.17, 15) is 0 Å². The third-order valence-electron chi connectivity index (χ3n) is 4.25. The van der Waals surface area contributed by atoms with Gasteiger partial charge in [0.2, 0.25) is 0 Å². The van der Waals surface area contributed by atoms with Crippen LogP contribution in [0.25, 0.3) is 0 Å². The summed E-state index contributed by atoms with van der Waals surface area (Å²) >= 11 is 0. The van der Waals surface area contributed by atoms with Gasteiger partial charge >= 0.3 is 0 Å². The standard InChI is InChI=1S/C17H36N2/c1-15(2)7-5-6-12-19-13-9-17(10-14-19)18-11-8-16(3)4/h15-18H,5-14H2,1-4H3. The molecule has 1 aliphatic rings. The van der Waals surface area contributed by atoms with Gasteiger partial charge in [0.1, 0.15) is 0 Å². The summed E-state index contributed by atoms with van der Waals surface area (Å²) in [4.78, 5) is 2.67. The molecular weight excluding hydrogens is 232 g/mol. The normalized spacial score (nSPS) is 18.6. The van der Waals surface area contributed by atoms with E-state index in [1.165, 1.54) is 64.7 Å². The van der Waals surface area contributed by atoms with E-state index in [0.717, 1.165) is 17.9 Å². The molecule has 0 aliphatic carbocycles. The third kappa shape index (κ3) is 8.65. The zero-order chi connectivity index (χ0) is 14.1. The Hall–Kier alpha value is -0.0800. The lowest BCUT2D eigenvalue weighted by molar-refractivity contribution is 0.193. The van der Waals surface area contributed by atoms with E-state index in [2.05, 4.69) is 37.9 Å². The number of nitrogens with one attached hydrogen (secondary N) is 1. The molecule has 19 heavy (non-hydrogen) atoms. The third-order valence-corrected chi connectivity index (χ3v) is 4.25. The smallest absolute Gasteiger partial charge is 0.00914 e. The van der Waals surface area contributed by atoms with Gasteiger partial charge in [0, 0.05) is 6.04 Å².